The summed E-state index contributed by atoms with van der Waals surface area (Å²) in [6.07, 6.45) is 60.7. The van der Waals surface area contributed by atoms with Gasteiger partial charge in [0.25, 0.3) is 0 Å². The van der Waals surface area contributed by atoms with E-state index in [0.29, 0.717) is 12.8 Å². The number of allylic oxidation sites excluding steroid dienone is 13. The SMILES string of the molecule is CC/C=C\C/C=C\C/C=C\C/C=C\C/C=C\CCCCCCCCCCCCCCCCCCCC(=O)NC(COC1OC(CO)C(OC2OC(CO)C(O)C(O)C2O)C(O)C1O)C(O)/C=C/CC/C=C/CCCCCCCCCCCCCCC. The maximum atomic E-state index is 13.3. The van der Waals surface area contributed by atoms with Crippen molar-refractivity contribution in [2.45, 2.75) is 344 Å². The third-order valence-electron chi connectivity index (χ3n) is 16.6. The van der Waals surface area contributed by atoms with Crippen LogP contribution in [0.25, 0.3) is 0 Å². The van der Waals surface area contributed by atoms with Gasteiger partial charge in [0.15, 0.2) is 12.6 Å². The van der Waals surface area contributed by atoms with Crippen LogP contribution < -0.4 is 5.32 Å². The lowest BCUT2D eigenvalue weighted by Gasteiger charge is -2.46. The second-order valence-corrected chi connectivity index (χ2v) is 24.3. The van der Waals surface area contributed by atoms with Gasteiger partial charge in [0.2, 0.25) is 5.91 Å². The molecular formula is C72H127NO13. The molecule has 2 heterocycles. The fourth-order valence-corrected chi connectivity index (χ4v) is 11.0. The van der Waals surface area contributed by atoms with Gasteiger partial charge in [-0.15, -0.1) is 0 Å². The average molecular weight is 1210 g/mol. The molecule has 9 N–H and O–H groups in total. The number of nitrogens with one attached hydrogen (secondary N) is 1. The number of aliphatic hydroxyl groups excluding tert-OH is 8. The number of carbonyl (C=O) groups is 1. The molecule has 86 heavy (non-hydrogen) atoms. The van der Waals surface area contributed by atoms with Gasteiger partial charge < -0.3 is 65.1 Å². The van der Waals surface area contributed by atoms with Gasteiger partial charge in [-0.3, -0.25) is 4.79 Å². The standard InChI is InChI=1S/C72H127NO13/c1-3-5-7-9-11-13-15-17-19-21-23-24-25-26-27-28-29-30-31-32-33-34-35-36-38-40-42-44-46-48-50-52-54-56-64(77)73-60(61(76)55-53-51-49-47-45-43-41-39-37-22-20-18-16-14-12-10-8-6-4-2)59-83-71-69(82)67(80)70(63(58-75)85-71)86-72-68(81)66(79)65(78)62(57-74)84-72/h5,7,11,13,17,19,23-24,26-27,45,47,53,55,60-63,65-72,74-76,78-82H,3-4,6,8-10,12,14-16,18,20-22,25,28-44,46,48-52,54,56-59H2,1-2H3,(H,73,77)/b7-5-,13-11-,19-17-,24-23-,27-26-,47-45+,55-53+. The molecule has 2 fully saturated rings. The minimum absolute atomic E-state index is 0.249. The first-order valence-corrected chi connectivity index (χ1v) is 34.8. The number of ether oxygens (including phenoxy) is 4. The second kappa shape index (κ2) is 56.2. The highest BCUT2D eigenvalue weighted by molar-refractivity contribution is 5.76. The Labute approximate surface area is 522 Å². The molecule has 0 aromatic carbocycles. The van der Waals surface area contributed by atoms with Crippen LogP contribution in [0, 0.1) is 0 Å². The molecule has 0 bridgehead atoms. The third-order valence-corrected chi connectivity index (χ3v) is 16.6. The van der Waals surface area contributed by atoms with E-state index in [1.165, 1.54) is 173 Å². The molecule has 2 rings (SSSR count). The minimum atomic E-state index is -1.79. The van der Waals surface area contributed by atoms with Crippen LogP contribution in [0.1, 0.15) is 271 Å². The maximum absolute atomic E-state index is 13.3. The van der Waals surface area contributed by atoms with Crippen LogP contribution in [-0.4, -0.2) is 140 Å². The Morgan fingerprint density at radius 3 is 1.28 bits per heavy atom. The number of rotatable bonds is 56. The van der Waals surface area contributed by atoms with Crippen molar-refractivity contribution in [2.24, 2.45) is 0 Å². The summed E-state index contributed by atoms with van der Waals surface area (Å²) in [5.41, 5.74) is 0. The van der Waals surface area contributed by atoms with Crippen LogP contribution in [0.15, 0.2) is 85.1 Å². The zero-order valence-electron chi connectivity index (χ0n) is 54.0. The van der Waals surface area contributed by atoms with Gasteiger partial charge in [-0.25, -0.2) is 0 Å². The molecule has 14 heteroatoms. The van der Waals surface area contributed by atoms with E-state index in [2.05, 4.69) is 92.1 Å². The van der Waals surface area contributed by atoms with Gasteiger partial charge >= 0.3 is 0 Å². The summed E-state index contributed by atoms with van der Waals surface area (Å²) in [7, 11) is 0. The van der Waals surface area contributed by atoms with Crippen molar-refractivity contribution in [1.29, 1.82) is 0 Å². The molecular weight excluding hydrogens is 1090 g/mol. The molecule has 0 aliphatic carbocycles. The first-order chi connectivity index (χ1) is 42.1. The Bertz CT molecular complexity index is 1770. The van der Waals surface area contributed by atoms with Crippen LogP contribution in [0.2, 0.25) is 0 Å². The summed E-state index contributed by atoms with van der Waals surface area (Å²) in [4.78, 5) is 13.3. The lowest BCUT2D eigenvalue weighted by atomic mass is 9.97. The van der Waals surface area contributed by atoms with Gasteiger partial charge in [0.1, 0.15) is 48.8 Å². The number of aliphatic hydroxyl groups is 8. The van der Waals surface area contributed by atoms with E-state index in [1.54, 1.807) is 6.08 Å². The zero-order chi connectivity index (χ0) is 62.3. The highest BCUT2D eigenvalue weighted by Crippen LogP contribution is 2.30. The van der Waals surface area contributed by atoms with Gasteiger partial charge in [-0.2, -0.15) is 0 Å². The molecule has 2 aliphatic rings. The molecule has 12 unspecified atom stereocenters. The molecule has 14 nitrogen and oxygen atoms in total. The van der Waals surface area contributed by atoms with Crippen molar-refractivity contribution in [3.63, 3.8) is 0 Å². The van der Waals surface area contributed by atoms with Crippen LogP contribution in [0.4, 0.5) is 0 Å². The van der Waals surface area contributed by atoms with E-state index < -0.39 is 86.8 Å². The Hall–Kier alpha value is -2.83. The fraction of sp³-hybridized carbons (Fsp3) is 0.792. The molecule has 2 aliphatic heterocycles. The second-order valence-electron chi connectivity index (χ2n) is 24.3. The number of amides is 1. The quantitative estimate of drug-likeness (QED) is 0.0204. The van der Waals surface area contributed by atoms with E-state index in [0.717, 1.165) is 64.2 Å². The van der Waals surface area contributed by atoms with Crippen molar-refractivity contribution >= 4 is 5.91 Å². The van der Waals surface area contributed by atoms with Crippen molar-refractivity contribution in [2.75, 3.05) is 19.8 Å². The summed E-state index contributed by atoms with van der Waals surface area (Å²) in [6, 6.07) is -0.935. The molecule has 12 atom stereocenters. The van der Waals surface area contributed by atoms with Crippen LogP contribution in [-0.2, 0) is 23.7 Å². The van der Waals surface area contributed by atoms with Crippen molar-refractivity contribution in [3.8, 4) is 0 Å². The van der Waals surface area contributed by atoms with E-state index in [1.807, 2.05) is 6.08 Å². The summed E-state index contributed by atoms with van der Waals surface area (Å²) >= 11 is 0. The zero-order valence-corrected chi connectivity index (χ0v) is 54.0. The van der Waals surface area contributed by atoms with E-state index in [4.69, 9.17) is 18.9 Å². The predicted octanol–water partition coefficient (Wildman–Crippen LogP) is 14.0. The normalized spacial score (nSPS) is 23.9. The Kier molecular flexibility index (Phi) is 51.8. The monoisotopic (exact) mass is 1210 g/mol. The summed E-state index contributed by atoms with van der Waals surface area (Å²) in [5, 5.41) is 87.4. The van der Waals surface area contributed by atoms with Gasteiger partial charge in [0.05, 0.1) is 32.0 Å². The number of carbonyl (C=O) groups excluding carboxylic acids is 1. The fourth-order valence-electron chi connectivity index (χ4n) is 11.0. The van der Waals surface area contributed by atoms with E-state index in [-0.39, 0.29) is 18.9 Å². The Balaban J connectivity index is 1.66. The third kappa shape index (κ3) is 40.0. The molecule has 0 aromatic heterocycles. The number of hydrogen-bond donors (Lipinski definition) is 9. The maximum Gasteiger partial charge on any atom is 0.220 e. The summed E-state index contributed by atoms with van der Waals surface area (Å²) < 4.78 is 22.8. The predicted molar refractivity (Wildman–Crippen MR) is 350 cm³/mol. The lowest BCUT2D eigenvalue weighted by molar-refractivity contribution is -0.359. The minimum Gasteiger partial charge on any atom is -0.394 e. The molecule has 2 saturated heterocycles. The first kappa shape index (κ1) is 79.3. The molecule has 0 spiro atoms. The number of hydrogen-bond acceptors (Lipinski definition) is 13. The van der Waals surface area contributed by atoms with E-state index >= 15 is 0 Å². The van der Waals surface area contributed by atoms with Crippen LogP contribution >= 0.6 is 0 Å². The van der Waals surface area contributed by atoms with E-state index in [9.17, 15) is 45.6 Å². The Morgan fingerprint density at radius 2 is 0.814 bits per heavy atom. The highest BCUT2D eigenvalue weighted by atomic mass is 16.7. The van der Waals surface area contributed by atoms with Crippen molar-refractivity contribution in [1.82, 2.24) is 5.32 Å². The lowest BCUT2D eigenvalue weighted by Crippen LogP contribution is -2.65. The molecule has 0 saturated carbocycles. The largest absolute Gasteiger partial charge is 0.394 e. The molecule has 498 valence electrons. The van der Waals surface area contributed by atoms with Crippen LogP contribution in [0.3, 0.4) is 0 Å². The first-order valence-electron chi connectivity index (χ1n) is 34.8. The van der Waals surface area contributed by atoms with Crippen molar-refractivity contribution < 1.29 is 64.6 Å². The summed E-state index contributed by atoms with van der Waals surface area (Å²) in [6.45, 7) is 2.69. The molecule has 1 amide bonds. The number of unbranched alkanes of at least 4 members (excludes halogenated alkanes) is 31. The van der Waals surface area contributed by atoms with Crippen LogP contribution in [0.5, 0.6) is 0 Å². The Morgan fingerprint density at radius 1 is 0.430 bits per heavy atom. The smallest absolute Gasteiger partial charge is 0.220 e. The molecule has 0 radical (unpaired) electrons. The topological polar surface area (TPSA) is 228 Å². The van der Waals surface area contributed by atoms with Gasteiger partial charge in [-0.1, -0.05) is 272 Å². The van der Waals surface area contributed by atoms with Gasteiger partial charge in [0, 0.05) is 6.42 Å². The van der Waals surface area contributed by atoms with Crippen molar-refractivity contribution in [3.05, 3.63) is 85.1 Å². The average Bonchev–Trinajstić information content (AvgIpc) is 2.63. The van der Waals surface area contributed by atoms with Gasteiger partial charge in [-0.05, 0) is 77.0 Å². The molecule has 0 aromatic rings. The summed E-state index contributed by atoms with van der Waals surface area (Å²) in [5.74, 6) is -0.249. The highest BCUT2D eigenvalue weighted by Gasteiger charge is 2.51.